The van der Waals surface area contributed by atoms with Gasteiger partial charge < -0.3 is 10.2 Å². The smallest absolute Gasteiger partial charge is 0.352 e. The minimum Gasteiger partial charge on any atom is -0.352 e. The average molecular weight is 256 g/mol. The molecule has 4 nitrogen and oxygen atoms in total. The van der Waals surface area contributed by atoms with Crippen LogP contribution >= 0.6 is 0 Å². The second kappa shape index (κ2) is 4.89. The highest BCUT2D eigenvalue weighted by Gasteiger charge is 2.52. The van der Waals surface area contributed by atoms with E-state index < -0.39 is 24.3 Å². The molecular weight excluding hydrogens is 244 g/mol. The molecule has 17 heavy (non-hydrogen) atoms. The fourth-order valence-electron chi connectivity index (χ4n) is 1.65. The zero-order valence-corrected chi connectivity index (χ0v) is 9.05. The van der Waals surface area contributed by atoms with Gasteiger partial charge in [0, 0.05) is 26.1 Å². The largest absolute Gasteiger partial charge is 0.383 e. The van der Waals surface area contributed by atoms with Crippen molar-refractivity contribution in [3.8, 4) is 0 Å². The maximum atomic E-state index is 12.8. The predicted octanol–water partition coefficient (Wildman–Crippen LogP) is 0.624. The van der Waals surface area contributed by atoms with Crippen LogP contribution in [0.2, 0.25) is 0 Å². The topological polar surface area (TPSA) is 49.4 Å². The van der Waals surface area contributed by atoms with Crippen molar-refractivity contribution < 1.29 is 27.2 Å². The lowest BCUT2D eigenvalue weighted by atomic mass is 10.2. The Morgan fingerprint density at radius 3 is 2.47 bits per heavy atom. The van der Waals surface area contributed by atoms with Gasteiger partial charge in [0.2, 0.25) is 5.91 Å². The van der Waals surface area contributed by atoms with Gasteiger partial charge in [-0.2, -0.15) is 8.78 Å². The van der Waals surface area contributed by atoms with Crippen LogP contribution in [0.4, 0.5) is 17.6 Å². The normalized spacial score (nSPS) is 20.8. The molecule has 1 aliphatic rings. The van der Waals surface area contributed by atoms with E-state index in [2.05, 4.69) is 5.32 Å². The molecule has 0 radical (unpaired) electrons. The van der Waals surface area contributed by atoms with Gasteiger partial charge in [-0.1, -0.05) is 0 Å². The molecule has 2 amide bonds. The van der Waals surface area contributed by atoms with Crippen molar-refractivity contribution in [1.82, 2.24) is 10.2 Å². The number of likely N-dealkylation sites (tertiary alicyclic amines) is 1. The Balaban J connectivity index is 2.59. The molecule has 1 heterocycles. The molecule has 0 bridgehead atoms. The third kappa shape index (κ3) is 3.07. The zero-order valence-electron chi connectivity index (χ0n) is 9.05. The summed E-state index contributed by atoms with van der Waals surface area (Å²) < 4.78 is 49.4. The van der Waals surface area contributed by atoms with E-state index >= 15 is 0 Å². The van der Waals surface area contributed by atoms with Gasteiger partial charge >= 0.3 is 12.3 Å². The number of alkyl halides is 4. The lowest BCUT2D eigenvalue weighted by Gasteiger charge is -2.22. The summed E-state index contributed by atoms with van der Waals surface area (Å²) in [7, 11) is 0. The van der Waals surface area contributed by atoms with Gasteiger partial charge in [-0.05, 0) is 6.42 Å². The summed E-state index contributed by atoms with van der Waals surface area (Å²) in [5, 5.41) is 2.44. The van der Waals surface area contributed by atoms with E-state index in [4.69, 9.17) is 0 Å². The molecule has 1 fully saturated rings. The summed E-state index contributed by atoms with van der Waals surface area (Å²) >= 11 is 0. The van der Waals surface area contributed by atoms with Gasteiger partial charge in [0.05, 0.1) is 0 Å². The molecule has 0 aromatic rings. The lowest BCUT2D eigenvalue weighted by Crippen LogP contribution is -2.48. The number of amides is 2. The number of rotatable bonds is 3. The number of carbonyl (C=O) groups is 2. The van der Waals surface area contributed by atoms with E-state index in [1.807, 2.05) is 0 Å². The summed E-state index contributed by atoms with van der Waals surface area (Å²) in [5.41, 5.74) is 0. The Morgan fingerprint density at radius 1 is 1.41 bits per heavy atom. The molecule has 1 N–H and O–H groups in total. The van der Waals surface area contributed by atoms with Crippen LogP contribution in [0, 0.1) is 0 Å². The van der Waals surface area contributed by atoms with Gasteiger partial charge in [0.25, 0.3) is 5.91 Å². The van der Waals surface area contributed by atoms with Crippen LogP contribution in [0.3, 0.4) is 0 Å². The minimum absolute atomic E-state index is 0.0634. The van der Waals surface area contributed by atoms with Crippen LogP contribution in [0.5, 0.6) is 0 Å². The monoisotopic (exact) mass is 256 g/mol. The van der Waals surface area contributed by atoms with Crippen LogP contribution in [0.15, 0.2) is 0 Å². The molecule has 1 aliphatic heterocycles. The molecule has 0 aromatic heterocycles. The second-order valence-electron chi connectivity index (χ2n) is 3.86. The first kappa shape index (κ1) is 13.7. The highest BCUT2D eigenvalue weighted by molar-refractivity contribution is 5.84. The lowest BCUT2D eigenvalue weighted by molar-refractivity contribution is -0.179. The number of carbonyl (C=O) groups excluding carboxylic acids is 2. The fraction of sp³-hybridized carbons (Fsp3) is 0.778. The van der Waals surface area contributed by atoms with Crippen molar-refractivity contribution in [2.24, 2.45) is 0 Å². The maximum absolute atomic E-state index is 12.8. The zero-order chi connectivity index (χ0) is 13.2. The Labute approximate surface area is 94.9 Å². The summed E-state index contributed by atoms with van der Waals surface area (Å²) in [6.45, 7) is 1.02. The van der Waals surface area contributed by atoms with E-state index in [9.17, 15) is 27.2 Å². The molecule has 8 heteroatoms. The summed E-state index contributed by atoms with van der Waals surface area (Å²) in [6.07, 6.45) is -3.74. The van der Waals surface area contributed by atoms with E-state index in [1.54, 1.807) is 0 Å². The van der Waals surface area contributed by atoms with E-state index in [1.165, 1.54) is 6.92 Å². The fourth-order valence-corrected chi connectivity index (χ4v) is 1.65. The van der Waals surface area contributed by atoms with Crippen molar-refractivity contribution >= 4 is 11.8 Å². The molecule has 0 aliphatic carbocycles. The molecular formula is C9H12F4N2O2. The third-order valence-electron chi connectivity index (χ3n) is 2.44. The number of nitrogens with zero attached hydrogens (tertiary/aromatic N) is 1. The van der Waals surface area contributed by atoms with Gasteiger partial charge in [-0.25, -0.2) is 8.78 Å². The summed E-state index contributed by atoms with van der Waals surface area (Å²) in [4.78, 5) is 22.5. The highest BCUT2D eigenvalue weighted by atomic mass is 19.3. The van der Waals surface area contributed by atoms with Crippen LogP contribution < -0.4 is 5.32 Å². The number of hydrogen-bond acceptors (Lipinski definition) is 2. The minimum atomic E-state index is -4.66. The first-order valence-electron chi connectivity index (χ1n) is 4.97. The Hall–Kier alpha value is -1.34. The number of halogens is 4. The van der Waals surface area contributed by atoms with Crippen molar-refractivity contribution in [1.29, 1.82) is 0 Å². The predicted molar refractivity (Wildman–Crippen MR) is 49.8 cm³/mol. The van der Waals surface area contributed by atoms with Crippen molar-refractivity contribution in [3.63, 3.8) is 0 Å². The SMILES string of the molecule is CC(=O)NC1CCN(C(=O)C(F)(F)C(F)F)C1. The molecule has 1 unspecified atom stereocenters. The first-order chi connectivity index (χ1) is 7.75. The van der Waals surface area contributed by atoms with Crippen LogP contribution in [-0.4, -0.2) is 48.2 Å². The van der Waals surface area contributed by atoms with E-state index in [0.29, 0.717) is 4.90 Å². The van der Waals surface area contributed by atoms with Gasteiger partial charge in [0.1, 0.15) is 0 Å². The molecule has 1 atom stereocenters. The molecule has 0 saturated carbocycles. The Bertz CT molecular complexity index is 322. The Morgan fingerprint density at radius 2 is 2.00 bits per heavy atom. The van der Waals surface area contributed by atoms with Gasteiger partial charge in [0.15, 0.2) is 0 Å². The first-order valence-corrected chi connectivity index (χ1v) is 4.97. The van der Waals surface area contributed by atoms with Crippen molar-refractivity contribution in [2.75, 3.05) is 13.1 Å². The van der Waals surface area contributed by atoms with Crippen molar-refractivity contribution in [3.05, 3.63) is 0 Å². The van der Waals surface area contributed by atoms with Gasteiger partial charge in [-0.3, -0.25) is 9.59 Å². The van der Waals surface area contributed by atoms with E-state index in [0.717, 1.165) is 0 Å². The molecule has 1 saturated heterocycles. The van der Waals surface area contributed by atoms with Gasteiger partial charge in [-0.15, -0.1) is 0 Å². The second-order valence-corrected chi connectivity index (χ2v) is 3.86. The quantitative estimate of drug-likeness (QED) is 0.753. The van der Waals surface area contributed by atoms with Crippen LogP contribution in [0.1, 0.15) is 13.3 Å². The molecule has 0 aromatic carbocycles. The van der Waals surface area contributed by atoms with Crippen LogP contribution in [-0.2, 0) is 9.59 Å². The highest BCUT2D eigenvalue weighted by Crippen LogP contribution is 2.27. The molecule has 0 spiro atoms. The van der Waals surface area contributed by atoms with E-state index in [-0.39, 0.29) is 25.4 Å². The van der Waals surface area contributed by atoms with Crippen LogP contribution in [0.25, 0.3) is 0 Å². The summed E-state index contributed by atoms with van der Waals surface area (Å²) in [6, 6.07) is -0.454. The molecule has 1 rings (SSSR count). The van der Waals surface area contributed by atoms with Crippen molar-refractivity contribution in [2.45, 2.75) is 31.7 Å². The standard InChI is InChI=1S/C9H12F4N2O2/c1-5(16)14-6-2-3-15(4-6)8(17)9(12,13)7(10)11/h6-7H,2-4H2,1H3,(H,14,16). The average Bonchev–Trinajstić information content (AvgIpc) is 2.63. The summed E-state index contributed by atoms with van der Waals surface area (Å²) in [5.74, 6) is -6.91. The maximum Gasteiger partial charge on any atom is 0.383 e. The number of hydrogen-bond donors (Lipinski definition) is 1. The Kier molecular flexibility index (Phi) is 3.94. The third-order valence-corrected chi connectivity index (χ3v) is 2.44. The molecule has 98 valence electrons. The number of nitrogens with one attached hydrogen (secondary N) is 1.